The summed E-state index contributed by atoms with van der Waals surface area (Å²) in [5.41, 5.74) is 1.69. The van der Waals surface area contributed by atoms with E-state index < -0.39 is 17.8 Å². The minimum atomic E-state index is -0.714. The Hall–Kier alpha value is -3.92. The zero-order valence-corrected chi connectivity index (χ0v) is 16.8. The molecule has 0 unspecified atom stereocenters. The molecule has 0 aromatic heterocycles. The highest BCUT2D eigenvalue weighted by Gasteiger charge is 2.40. The Morgan fingerprint density at radius 3 is 2.55 bits per heavy atom. The maximum absolute atomic E-state index is 13.0. The Morgan fingerprint density at radius 1 is 1.06 bits per heavy atom. The predicted octanol–water partition coefficient (Wildman–Crippen LogP) is 3.54. The Bertz CT molecular complexity index is 1110. The lowest BCUT2D eigenvalue weighted by molar-refractivity contribution is -0.131. The van der Waals surface area contributed by atoms with E-state index in [1.54, 1.807) is 36.4 Å². The topological polar surface area (TPSA) is 99.5 Å². The SMILES string of the molecule is N#Cc1ccccc1COc1ccccc1/C=C1\C(=O)NC(=O)N(C2CCCC2)C1=O. The van der Waals surface area contributed by atoms with E-state index in [2.05, 4.69) is 11.4 Å². The summed E-state index contributed by atoms with van der Waals surface area (Å²) in [6.07, 6.45) is 4.86. The van der Waals surface area contributed by atoms with Crippen molar-refractivity contribution in [3.63, 3.8) is 0 Å². The molecule has 0 atom stereocenters. The molecule has 1 heterocycles. The number of hydrogen-bond acceptors (Lipinski definition) is 5. The van der Waals surface area contributed by atoms with E-state index in [1.165, 1.54) is 11.0 Å². The maximum atomic E-state index is 13.0. The summed E-state index contributed by atoms with van der Waals surface area (Å²) in [5, 5.41) is 11.5. The van der Waals surface area contributed by atoms with E-state index >= 15 is 0 Å². The molecule has 2 fully saturated rings. The number of rotatable bonds is 5. The van der Waals surface area contributed by atoms with Crippen LogP contribution in [-0.4, -0.2) is 28.8 Å². The molecule has 156 valence electrons. The highest BCUT2D eigenvalue weighted by molar-refractivity contribution is 6.31. The number of para-hydroxylation sites is 1. The number of nitriles is 1. The Morgan fingerprint density at radius 2 is 1.77 bits per heavy atom. The molecule has 1 aliphatic carbocycles. The van der Waals surface area contributed by atoms with Crippen LogP contribution in [0.4, 0.5) is 4.79 Å². The van der Waals surface area contributed by atoms with Gasteiger partial charge in [-0.1, -0.05) is 49.2 Å². The van der Waals surface area contributed by atoms with Crippen LogP contribution in [0.1, 0.15) is 42.4 Å². The van der Waals surface area contributed by atoms with Gasteiger partial charge < -0.3 is 4.74 Å². The Balaban J connectivity index is 1.61. The number of ether oxygens (including phenoxy) is 1. The fourth-order valence-electron chi connectivity index (χ4n) is 3.96. The quantitative estimate of drug-likeness (QED) is 0.595. The molecular formula is C24H21N3O4. The fraction of sp³-hybridized carbons (Fsp3) is 0.250. The van der Waals surface area contributed by atoms with Gasteiger partial charge in [-0.15, -0.1) is 0 Å². The molecule has 7 heteroatoms. The van der Waals surface area contributed by atoms with Crippen LogP contribution in [0, 0.1) is 11.3 Å². The Kier molecular flexibility index (Phi) is 5.80. The van der Waals surface area contributed by atoms with Gasteiger partial charge in [-0.05, 0) is 31.1 Å². The van der Waals surface area contributed by atoms with Crippen molar-refractivity contribution in [3.8, 4) is 11.8 Å². The van der Waals surface area contributed by atoms with Crippen LogP contribution in [0.5, 0.6) is 5.75 Å². The Labute approximate surface area is 179 Å². The molecule has 31 heavy (non-hydrogen) atoms. The molecular weight excluding hydrogens is 394 g/mol. The lowest BCUT2D eigenvalue weighted by Crippen LogP contribution is -2.57. The van der Waals surface area contributed by atoms with Gasteiger partial charge in [-0.3, -0.25) is 19.8 Å². The zero-order chi connectivity index (χ0) is 21.8. The number of hydrogen-bond donors (Lipinski definition) is 1. The number of imide groups is 2. The highest BCUT2D eigenvalue weighted by Crippen LogP contribution is 2.29. The first-order valence-corrected chi connectivity index (χ1v) is 10.2. The number of carbonyl (C=O) groups is 3. The van der Waals surface area contributed by atoms with Gasteiger partial charge in [0.1, 0.15) is 17.9 Å². The van der Waals surface area contributed by atoms with E-state index in [0.29, 0.717) is 16.9 Å². The van der Waals surface area contributed by atoms with Gasteiger partial charge in [0, 0.05) is 17.2 Å². The molecule has 0 radical (unpaired) electrons. The molecule has 2 aromatic rings. The molecule has 2 aliphatic rings. The normalized spacial score (nSPS) is 18.2. The third kappa shape index (κ3) is 4.19. The number of nitrogens with one attached hydrogen (secondary N) is 1. The highest BCUT2D eigenvalue weighted by atomic mass is 16.5. The van der Waals surface area contributed by atoms with Gasteiger partial charge in [0.15, 0.2) is 0 Å². The van der Waals surface area contributed by atoms with Gasteiger partial charge in [-0.2, -0.15) is 5.26 Å². The average molecular weight is 415 g/mol. The molecule has 4 rings (SSSR count). The summed E-state index contributed by atoms with van der Waals surface area (Å²) >= 11 is 0. The van der Waals surface area contributed by atoms with E-state index in [0.717, 1.165) is 31.2 Å². The standard InChI is InChI=1S/C24H21N3O4/c25-14-17-8-1-2-9-18(17)15-31-21-12-6-3-7-16(21)13-20-22(28)26-24(30)27(23(20)29)19-10-4-5-11-19/h1-3,6-9,12-13,19H,4-5,10-11,15H2,(H,26,28,30)/b20-13+. The maximum Gasteiger partial charge on any atom is 0.331 e. The minimum Gasteiger partial charge on any atom is -0.488 e. The summed E-state index contributed by atoms with van der Waals surface area (Å²) in [5.74, 6) is -0.827. The van der Waals surface area contributed by atoms with Gasteiger partial charge in [0.2, 0.25) is 0 Å². The largest absolute Gasteiger partial charge is 0.488 e. The van der Waals surface area contributed by atoms with Gasteiger partial charge in [0.25, 0.3) is 11.8 Å². The fourth-order valence-corrected chi connectivity index (χ4v) is 3.96. The van der Waals surface area contributed by atoms with Crippen molar-refractivity contribution in [1.29, 1.82) is 5.26 Å². The molecule has 1 saturated heterocycles. The summed E-state index contributed by atoms with van der Waals surface area (Å²) in [4.78, 5) is 38.9. The van der Waals surface area contributed by atoms with Gasteiger partial charge in [0.05, 0.1) is 11.6 Å². The van der Waals surface area contributed by atoms with Crippen LogP contribution >= 0.6 is 0 Å². The van der Waals surface area contributed by atoms with Crippen molar-refractivity contribution in [2.24, 2.45) is 0 Å². The summed E-state index contributed by atoms with van der Waals surface area (Å²) < 4.78 is 5.91. The predicted molar refractivity (Wildman–Crippen MR) is 113 cm³/mol. The molecule has 1 saturated carbocycles. The van der Waals surface area contributed by atoms with Crippen LogP contribution in [0.25, 0.3) is 6.08 Å². The second kappa shape index (κ2) is 8.84. The molecule has 7 nitrogen and oxygen atoms in total. The average Bonchev–Trinajstić information content (AvgIpc) is 3.30. The minimum absolute atomic E-state index is 0.0972. The number of barbiturate groups is 1. The second-order valence-corrected chi connectivity index (χ2v) is 7.53. The number of nitrogens with zero attached hydrogens (tertiary/aromatic N) is 2. The number of benzene rings is 2. The summed E-state index contributed by atoms with van der Waals surface area (Å²) in [7, 11) is 0. The molecule has 1 N–H and O–H groups in total. The smallest absolute Gasteiger partial charge is 0.331 e. The number of carbonyl (C=O) groups excluding carboxylic acids is 3. The van der Waals surface area contributed by atoms with Crippen molar-refractivity contribution in [2.45, 2.75) is 38.3 Å². The molecule has 4 amide bonds. The molecule has 1 aliphatic heterocycles. The summed E-state index contributed by atoms with van der Waals surface area (Å²) in [6.45, 7) is 0.163. The lowest BCUT2D eigenvalue weighted by Gasteiger charge is -2.31. The zero-order valence-electron chi connectivity index (χ0n) is 16.8. The molecule has 2 aromatic carbocycles. The van der Waals surface area contributed by atoms with Crippen molar-refractivity contribution in [3.05, 3.63) is 70.8 Å². The van der Waals surface area contributed by atoms with E-state index in [9.17, 15) is 19.6 Å². The third-order valence-corrected chi connectivity index (χ3v) is 5.56. The number of amides is 4. The lowest BCUT2D eigenvalue weighted by atomic mass is 10.0. The van der Waals surface area contributed by atoms with Gasteiger partial charge >= 0.3 is 6.03 Å². The summed E-state index contributed by atoms with van der Waals surface area (Å²) in [6, 6.07) is 15.4. The van der Waals surface area contributed by atoms with Crippen LogP contribution in [0.2, 0.25) is 0 Å². The van der Waals surface area contributed by atoms with Crippen LogP contribution in [-0.2, 0) is 16.2 Å². The van der Waals surface area contributed by atoms with Gasteiger partial charge in [-0.25, -0.2) is 4.79 Å². The first-order chi connectivity index (χ1) is 15.1. The van der Waals surface area contributed by atoms with Crippen molar-refractivity contribution in [1.82, 2.24) is 10.2 Å². The molecule has 0 bridgehead atoms. The molecule has 0 spiro atoms. The van der Waals surface area contributed by atoms with Crippen LogP contribution < -0.4 is 10.1 Å². The third-order valence-electron chi connectivity index (χ3n) is 5.56. The van der Waals surface area contributed by atoms with E-state index in [-0.39, 0.29) is 18.2 Å². The van der Waals surface area contributed by atoms with Crippen molar-refractivity contribution < 1.29 is 19.1 Å². The van der Waals surface area contributed by atoms with Crippen LogP contribution in [0.3, 0.4) is 0 Å². The van der Waals surface area contributed by atoms with E-state index in [4.69, 9.17) is 4.74 Å². The van der Waals surface area contributed by atoms with Crippen LogP contribution in [0.15, 0.2) is 54.1 Å². The first kappa shape index (κ1) is 20.4. The monoisotopic (exact) mass is 415 g/mol. The number of urea groups is 1. The van der Waals surface area contributed by atoms with Crippen molar-refractivity contribution in [2.75, 3.05) is 0 Å². The van der Waals surface area contributed by atoms with E-state index in [1.807, 2.05) is 12.1 Å². The second-order valence-electron chi connectivity index (χ2n) is 7.53. The first-order valence-electron chi connectivity index (χ1n) is 10.2. The van der Waals surface area contributed by atoms with Crippen molar-refractivity contribution >= 4 is 23.9 Å².